The van der Waals surface area contributed by atoms with Gasteiger partial charge in [0.1, 0.15) is 61.0 Å². The van der Waals surface area contributed by atoms with Crippen molar-refractivity contribution < 1.29 is 89.0 Å². The van der Waals surface area contributed by atoms with E-state index in [-0.39, 0.29) is 34.9 Å². The van der Waals surface area contributed by atoms with Gasteiger partial charge < -0.3 is 89.0 Å². The number of fused-ring (bicyclic) bond motifs is 7. The lowest BCUT2D eigenvalue weighted by atomic mass is 9.44. The van der Waals surface area contributed by atoms with Crippen molar-refractivity contribution >= 4 is 0 Å². The molecule has 18 heteroatoms. The molecule has 0 radical (unpaired) electrons. The zero-order valence-corrected chi connectivity index (χ0v) is 37.3. The second-order valence-electron chi connectivity index (χ2n) is 21.6. The van der Waals surface area contributed by atoms with Gasteiger partial charge in [0.05, 0.1) is 49.3 Å². The summed E-state index contributed by atoms with van der Waals surface area (Å²) in [5, 5.41) is 108. The maximum absolute atomic E-state index is 12.1. The lowest BCUT2D eigenvalue weighted by Gasteiger charge is -2.62. The van der Waals surface area contributed by atoms with Gasteiger partial charge in [0.15, 0.2) is 24.7 Å². The highest BCUT2D eigenvalue weighted by molar-refractivity contribution is 5.16. The van der Waals surface area contributed by atoms with Crippen LogP contribution in [0.3, 0.4) is 0 Å². The molecule has 29 atom stereocenters. The highest BCUT2D eigenvalue weighted by atomic mass is 16.8. The summed E-state index contributed by atoms with van der Waals surface area (Å²) in [5.41, 5.74) is -0.105. The van der Waals surface area contributed by atoms with E-state index < -0.39 is 123 Å². The van der Waals surface area contributed by atoms with Crippen LogP contribution in [-0.2, 0) is 37.9 Å². The molecule has 0 unspecified atom stereocenters. The molecule has 5 heterocycles. The van der Waals surface area contributed by atoms with Gasteiger partial charge in [-0.05, 0) is 113 Å². The van der Waals surface area contributed by atoms with Crippen LogP contribution in [-0.4, -0.2) is 186 Å². The topological polar surface area (TPSA) is 276 Å². The van der Waals surface area contributed by atoms with Crippen molar-refractivity contribution in [1.29, 1.82) is 0 Å². The molecule has 9 rings (SSSR count). The normalized spacial score (nSPS) is 60.6. The molecule has 18 nitrogen and oxygen atoms in total. The Morgan fingerprint density at radius 3 is 1.81 bits per heavy atom. The van der Waals surface area contributed by atoms with Gasteiger partial charge in [0, 0.05) is 12.3 Å². The largest absolute Gasteiger partial charge is 0.394 e. The Bertz CT molecular complexity index is 1610. The third-order valence-electron chi connectivity index (χ3n) is 18.4. The fraction of sp³-hybridized carbons (Fsp3) is 1.00. The van der Waals surface area contributed by atoms with E-state index in [2.05, 4.69) is 20.8 Å². The maximum atomic E-state index is 12.1. The number of hydrogen-bond donors (Lipinski definition) is 10. The minimum atomic E-state index is -1.76. The summed E-state index contributed by atoms with van der Waals surface area (Å²) in [5.74, 6) is 1.42. The highest BCUT2D eigenvalue weighted by Crippen LogP contribution is 2.71. The molecule has 63 heavy (non-hydrogen) atoms. The van der Waals surface area contributed by atoms with Gasteiger partial charge in [-0.25, -0.2) is 0 Å². The molecule has 362 valence electrons. The van der Waals surface area contributed by atoms with Gasteiger partial charge in [0.2, 0.25) is 0 Å². The summed E-state index contributed by atoms with van der Waals surface area (Å²) >= 11 is 0. The Hall–Kier alpha value is -0.720. The molecule has 0 aromatic carbocycles. The first-order valence-corrected chi connectivity index (χ1v) is 23.7. The minimum absolute atomic E-state index is 0.0839. The average Bonchev–Trinajstić information content (AvgIpc) is 3.69. The van der Waals surface area contributed by atoms with Gasteiger partial charge >= 0.3 is 0 Å². The van der Waals surface area contributed by atoms with Crippen molar-refractivity contribution in [1.82, 2.24) is 0 Å². The molecule has 1 spiro atoms. The molecule has 9 aliphatic rings. The zero-order valence-electron chi connectivity index (χ0n) is 37.3. The molecule has 0 bridgehead atoms. The summed E-state index contributed by atoms with van der Waals surface area (Å²) in [7, 11) is 0. The molecule has 0 aromatic rings. The van der Waals surface area contributed by atoms with Gasteiger partial charge in [-0.1, -0.05) is 20.8 Å². The van der Waals surface area contributed by atoms with Crippen LogP contribution in [0, 0.1) is 46.3 Å². The van der Waals surface area contributed by atoms with Gasteiger partial charge in [-0.2, -0.15) is 0 Å². The van der Waals surface area contributed by atoms with Crippen LogP contribution in [0.15, 0.2) is 0 Å². The molecule has 5 saturated heterocycles. The highest BCUT2D eigenvalue weighted by Gasteiger charge is 2.70. The third-order valence-corrected chi connectivity index (χ3v) is 18.4. The molecular formula is C45H74O18. The van der Waals surface area contributed by atoms with Crippen LogP contribution in [0.25, 0.3) is 0 Å². The van der Waals surface area contributed by atoms with Crippen molar-refractivity contribution in [2.75, 3.05) is 6.61 Å². The van der Waals surface area contributed by atoms with E-state index in [9.17, 15) is 51.1 Å². The first-order valence-electron chi connectivity index (χ1n) is 23.7. The second-order valence-corrected chi connectivity index (χ2v) is 21.6. The average molecular weight is 903 g/mol. The number of ether oxygens (including phenoxy) is 8. The van der Waals surface area contributed by atoms with E-state index in [1.807, 2.05) is 6.92 Å². The lowest BCUT2D eigenvalue weighted by molar-refractivity contribution is -0.391. The van der Waals surface area contributed by atoms with Gasteiger partial charge in [-0.15, -0.1) is 0 Å². The van der Waals surface area contributed by atoms with Crippen LogP contribution in [0.2, 0.25) is 0 Å². The molecular weight excluding hydrogens is 828 g/mol. The van der Waals surface area contributed by atoms with Gasteiger partial charge in [-0.3, -0.25) is 0 Å². The van der Waals surface area contributed by atoms with Crippen molar-refractivity contribution in [3.63, 3.8) is 0 Å². The number of rotatable bonds is 7. The number of hydrogen-bond acceptors (Lipinski definition) is 18. The standard InChI is InChI=1S/C45H74O18/c1-17-30-28(63-45(17)12-10-25(47)18(2)62-45)14-24-22-8-7-21-13-27(26(48)15-44(21,6)23(22)9-11-43(24,30)5)58-42-39(61-41-36(54)34(52)32(50)20(4)57-41)37(55)38(29(16-46)59-42)60-40-35(53)33(51)31(49)19(3)56-40/h17-42,46-55H,7-16H2,1-6H3/t17-,18+,19-,20-,21+,22+,23-,24+,25-,26-,27-,28-,29-,30-,31+,32-,33-,34+,35+,36+,37+,38-,39-,40-,41-,42+,43-,44+,45+/m1/s1. The van der Waals surface area contributed by atoms with Crippen LogP contribution in [0.1, 0.15) is 99.3 Å². The quantitative estimate of drug-likeness (QED) is 0.143. The monoisotopic (exact) mass is 902 g/mol. The summed E-state index contributed by atoms with van der Waals surface area (Å²) in [6.07, 6.45) is -17.4. The number of aliphatic hydroxyl groups is 10. The molecule has 9 fully saturated rings. The van der Waals surface area contributed by atoms with E-state index in [4.69, 9.17) is 37.9 Å². The molecule has 4 aliphatic carbocycles. The SMILES string of the molecule is C[C@@H]1O[C@@]2(CC[C@H]1O)O[C@@H]1C[C@H]3[C@H]4CC[C@H]5C[C@@H](O[C@H]6O[C@H](CO)[C@@H](O[C@H]7O[C@H](C)[C@H](O)[C@@H](O)[C@@H]7O)[C@H](O)[C@H]6O[C@H]6O[C@H](C)[C@@H](O)[C@H](O)[C@@H]6O)[C@H](O)C[C@]5(C)[C@@H]4CC[C@@]3(C)[C@@H]1[C@H]2C. The third kappa shape index (κ3) is 7.70. The molecule has 10 N–H and O–H groups in total. The number of aliphatic hydroxyl groups excluding tert-OH is 10. The molecule has 4 saturated carbocycles. The summed E-state index contributed by atoms with van der Waals surface area (Å²) < 4.78 is 49.8. The van der Waals surface area contributed by atoms with Crippen molar-refractivity contribution in [3.05, 3.63) is 0 Å². The van der Waals surface area contributed by atoms with Crippen LogP contribution < -0.4 is 0 Å². The van der Waals surface area contributed by atoms with E-state index in [1.54, 1.807) is 0 Å². The van der Waals surface area contributed by atoms with Crippen LogP contribution in [0.4, 0.5) is 0 Å². The van der Waals surface area contributed by atoms with E-state index in [0.29, 0.717) is 49.4 Å². The van der Waals surface area contributed by atoms with Crippen LogP contribution >= 0.6 is 0 Å². The van der Waals surface area contributed by atoms with E-state index in [1.165, 1.54) is 13.8 Å². The van der Waals surface area contributed by atoms with Gasteiger partial charge in [0.25, 0.3) is 0 Å². The fourth-order valence-electron chi connectivity index (χ4n) is 14.7. The first kappa shape index (κ1) is 47.4. The van der Waals surface area contributed by atoms with Crippen molar-refractivity contribution in [2.24, 2.45) is 46.3 Å². The summed E-state index contributed by atoms with van der Waals surface area (Å²) in [4.78, 5) is 0. The van der Waals surface area contributed by atoms with E-state index in [0.717, 1.165) is 32.1 Å². The predicted octanol–water partition coefficient (Wildman–Crippen LogP) is -0.594. The van der Waals surface area contributed by atoms with Crippen molar-refractivity contribution in [3.8, 4) is 0 Å². The van der Waals surface area contributed by atoms with E-state index >= 15 is 0 Å². The zero-order chi connectivity index (χ0) is 45.2. The Morgan fingerprint density at radius 1 is 0.556 bits per heavy atom. The molecule has 5 aliphatic heterocycles. The second kappa shape index (κ2) is 17.4. The molecule has 0 amide bonds. The Kier molecular flexibility index (Phi) is 13.0. The first-order chi connectivity index (χ1) is 29.7. The van der Waals surface area contributed by atoms with Crippen molar-refractivity contribution in [2.45, 2.75) is 228 Å². The predicted molar refractivity (Wildman–Crippen MR) is 216 cm³/mol. The fourth-order valence-corrected chi connectivity index (χ4v) is 14.7. The Morgan fingerprint density at radius 2 is 1.19 bits per heavy atom. The minimum Gasteiger partial charge on any atom is -0.394 e. The smallest absolute Gasteiger partial charge is 0.187 e. The molecule has 0 aromatic heterocycles. The Labute approximate surface area is 369 Å². The lowest BCUT2D eigenvalue weighted by Crippen LogP contribution is -2.67. The summed E-state index contributed by atoms with van der Waals surface area (Å²) in [6.45, 7) is 11.3. The Balaban J connectivity index is 0.914. The maximum Gasteiger partial charge on any atom is 0.187 e. The van der Waals surface area contributed by atoms with Crippen LogP contribution in [0.5, 0.6) is 0 Å². The summed E-state index contributed by atoms with van der Waals surface area (Å²) in [6, 6.07) is 0.